The molecule has 3 nitrogen and oxygen atoms in total. The van der Waals surface area contributed by atoms with Crippen LogP contribution in [0.2, 0.25) is 0 Å². The van der Waals surface area contributed by atoms with Gasteiger partial charge in [-0.3, -0.25) is 4.79 Å². The molecule has 2 aromatic rings. The summed E-state index contributed by atoms with van der Waals surface area (Å²) < 4.78 is 11.1. The Labute approximate surface area is 170 Å². The van der Waals surface area contributed by atoms with Gasteiger partial charge in [-0.2, -0.15) is 0 Å². The molecule has 1 heterocycles. The van der Waals surface area contributed by atoms with Crippen LogP contribution in [0.3, 0.4) is 0 Å². The molecule has 4 heteroatoms. The van der Waals surface area contributed by atoms with Gasteiger partial charge in [-0.25, -0.2) is 0 Å². The molecule has 0 spiro atoms. The summed E-state index contributed by atoms with van der Waals surface area (Å²) in [5.74, 6) is 0.791. The van der Waals surface area contributed by atoms with Crippen LogP contribution >= 0.6 is 15.9 Å². The molecule has 0 N–H and O–H groups in total. The molecule has 0 amide bonds. The average molecular weight is 431 g/mol. The summed E-state index contributed by atoms with van der Waals surface area (Å²) >= 11 is 3.63. The molecule has 0 bridgehead atoms. The van der Waals surface area contributed by atoms with E-state index in [4.69, 9.17) is 9.47 Å². The molecule has 0 radical (unpaired) electrons. The van der Waals surface area contributed by atoms with E-state index in [1.165, 1.54) is 23.8 Å². The van der Waals surface area contributed by atoms with Crippen LogP contribution in [0, 0.1) is 0 Å². The van der Waals surface area contributed by atoms with E-state index in [9.17, 15) is 4.79 Å². The average Bonchev–Trinajstić information content (AvgIpc) is 2.60. The van der Waals surface area contributed by atoms with Gasteiger partial charge in [0, 0.05) is 16.5 Å². The summed E-state index contributed by atoms with van der Waals surface area (Å²) in [6, 6.07) is 12.6. The second-order valence-corrected chi connectivity index (χ2v) is 9.08. The number of rotatable bonds is 4. The van der Waals surface area contributed by atoms with Crippen LogP contribution in [-0.2, 0) is 26.7 Å². The van der Waals surface area contributed by atoms with E-state index in [0.717, 1.165) is 28.6 Å². The number of halogens is 1. The van der Waals surface area contributed by atoms with Crippen molar-refractivity contribution in [2.75, 3.05) is 7.11 Å². The monoisotopic (exact) mass is 430 g/mol. The molecule has 0 saturated heterocycles. The molecule has 3 rings (SSSR count). The number of hydrogen-bond acceptors (Lipinski definition) is 3. The number of fused-ring (bicyclic) bond motifs is 1. The van der Waals surface area contributed by atoms with E-state index in [2.05, 4.69) is 67.9 Å². The van der Waals surface area contributed by atoms with Crippen molar-refractivity contribution < 1.29 is 14.3 Å². The number of benzene rings is 2. The Kier molecular flexibility index (Phi) is 5.40. The Morgan fingerprint density at radius 1 is 1.11 bits per heavy atom. The molecule has 0 saturated carbocycles. The van der Waals surface area contributed by atoms with Crippen molar-refractivity contribution in [2.45, 2.75) is 56.9 Å². The van der Waals surface area contributed by atoms with Crippen molar-refractivity contribution in [1.82, 2.24) is 0 Å². The highest BCUT2D eigenvalue weighted by Crippen LogP contribution is 2.48. The fourth-order valence-electron chi connectivity index (χ4n) is 4.10. The van der Waals surface area contributed by atoms with Crippen LogP contribution in [0.25, 0.3) is 11.1 Å². The number of alkyl halides is 1. The van der Waals surface area contributed by atoms with Gasteiger partial charge in [0.15, 0.2) is 0 Å². The SMILES string of the molecule is COC(=O)Cc1ccc(-c2cc(CBr)c3c(c2)C(C)(C)CC(C)(C)O3)cc1. The molecule has 0 atom stereocenters. The lowest BCUT2D eigenvalue weighted by Crippen LogP contribution is -2.41. The molecule has 144 valence electrons. The van der Waals surface area contributed by atoms with Crippen molar-refractivity contribution in [1.29, 1.82) is 0 Å². The largest absolute Gasteiger partial charge is 0.487 e. The zero-order valence-electron chi connectivity index (χ0n) is 16.7. The summed E-state index contributed by atoms with van der Waals surface area (Å²) in [5, 5.41) is 0.746. The van der Waals surface area contributed by atoms with Crippen LogP contribution in [0.5, 0.6) is 5.75 Å². The highest BCUT2D eigenvalue weighted by atomic mass is 79.9. The molecule has 2 aromatic carbocycles. The molecular weight excluding hydrogens is 404 g/mol. The van der Waals surface area contributed by atoms with Crippen molar-refractivity contribution in [3.63, 3.8) is 0 Å². The van der Waals surface area contributed by atoms with Gasteiger partial charge in [-0.1, -0.05) is 54.0 Å². The van der Waals surface area contributed by atoms with Crippen molar-refractivity contribution in [3.05, 3.63) is 53.1 Å². The fraction of sp³-hybridized carbons (Fsp3) is 0.435. The quantitative estimate of drug-likeness (QED) is 0.453. The Morgan fingerprint density at radius 2 is 1.78 bits per heavy atom. The first kappa shape index (κ1) is 19.9. The smallest absolute Gasteiger partial charge is 0.309 e. The zero-order chi connectivity index (χ0) is 19.8. The molecular formula is C23H27BrO3. The summed E-state index contributed by atoms with van der Waals surface area (Å²) in [4.78, 5) is 11.5. The van der Waals surface area contributed by atoms with E-state index in [0.29, 0.717) is 6.42 Å². The lowest BCUT2D eigenvalue weighted by Gasteiger charge is -2.43. The number of esters is 1. The second kappa shape index (κ2) is 7.31. The first-order chi connectivity index (χ1) is 12.6. The molecule has 1 aliphatic rings. The third-order valence-corrected chi connectivity index (χ3v) is 5.75. The third-order valence-electron chi connectivity index (χ3n) is 5.15. The lowest BCUT2D eigenvalue weighted by molar-refractivity contribution is -0.139. The number of carbonyl (C=O) groups is 1. The molecule has 0 fully saturated rings. The highest BCUT2D eigenvalue weighted by molar-refractivity contribution is 9.08. The maximum Gasteiger partial charge on any atom is 0.309 e. The number of carbonyl (C=O) groups excluding carboxylic acids is 1. The maximum absolute atomic E-state index is 11.5. The number of hydrogen-bond donors (Lipinski definition) is 0. The molecule has 0 aliphatic carbocycles. The zero-order valence-corrected chi connectivity index (χ0v) is 18.3. The topological polar surface area (TPSA) is 35.5 Å². The predicted octanol–water partition coefficient (Wildman–Crippen LogP) is 5.80. The summed E-state index contributed by atoms with van der Waals surface area (Å²) in [6.45, 7) is 8.89. The third kappa shape index (κ3) is 4.21. The predicted molar refractivity (Wildman–Crippen MR) is 113 cm³/mol. The molecule has 0 unspecified atom stereocenters. The summed E-state index contributed by atoms with van der Waals surface area (Å²) in [7, 11) is 1.41. The van der Waals surface area contributed by atoms with E-state index >= 15 is 0 Å². The minimum absolute atomic E-state index is 0.0365. The maximum atomic E-state index is 11.5. The van der Waals surface area contributed by atoms with Gasteiger partial charge in [0.25, 0.3) is 0 Å². The normalized spacial score (nSPS) is 17.0. The van der Waals surface area contributed by atoms with Gasteiger partial charge < -0.3 is 9.47 Å². The number of ether oxygens (including phenoxy) is 2. The van der Waals surface area contributed by atoms with Crippen LogP contribution < -0.4 is 4.74 Å². The minimum atomic E-state index is -0.223. The van der Waals surface area contributed by atoms with Gasteiger partial charge in [0.1, 0.15) is 11.4 Å². The highest BCUT2D eigenvalue weighted by Gasteiger charge is 2.40. The first-order valence-electron chi connectivity index (χ1n) is 9.24. The van der Waals surface area contributed by atoms with Gasteiger partial charge >= 0.3 is 5.97 Å². The summed E-state index contributed by atoms with van der Waals surface area (Å²) in [6.07, 6.45) is 1.26. The Balaban J connectivity index is 2.02. The van der Waals surface area contributed by atoms with Crippen LogP contribution in [-0.4, -0.2) is 18.7 Å². The van der Waals surface area contributed by atoms with Gasteiger partial charge in [-0.05, 0) is 54.5 Å². The van der Waals surface area contributed by atoms with E-state index < -0.39 is 0 Å². The fourth-order valence-corrected chi connectivity index (χ4v) is 4.52. The van der Waals surface area contributed by atoms with Crippen LogP contribution in [0.15, 0.2) is 36.4 Å². The van der Waals surface area contributed by atoms with E-state index in [1.54, 1.807) is 0 Å². The van der Waals surface area contributed by atoms with Crippen LogP contribution in [0.4, 0.5) is 0 Å². The number of methoxy groups -OCH3 is 1. The molecule has 1 aliphatic heterocycles. The Hall–Kier alpha value is -1.81. The Morgan fingerprint density at radius 3 is 2.37 bits per heavy atom. The lowest BCUT2D eigenvalue weighted by atomic mass is 9.72. The van der Waals surface area contributed by atoms with Gasteiger partial charge in [0.2, 0.25) is 0 Å². The van der Waals surface area contributed by atoms with Crippen molar-refractivity contribution in [2.24, 2.45) is 0 Å². The second-order valence-electron chi connectivity index (χ2n) is 8.52. The standard InChI is InChI=1S/C23H27BrO3/c1-22(2)14-23(3,4)27-21-18(13-24)11-17(12-19(21)22)16-8-6-15(7-9-16)10-20(25)26-5/h6-9,11-12H,10,13-14H2,1-5H3. The molecule has 27 heavy (non-hydrogen) atoms. The van der Waals surface area contributed by atoms with E-state index in [-0.39, 0.29) is 17.0 Å². The first-order valence-corrected chi connectivity index (χ1v) is 10.4. The van der Waals surface area contributed by atoms with Crippen molar-refractivity contribution >= 4 is 21.9 Å². The Bertz CT molecular complexity index is 851. The summed E-state index contributed by atoms with van der Waals surface area (Å²) in [5.41, 5.74) is 5.54. The van der Waals surface area contributed by atoms with Crippen LogP contribution in [0.1, 0.15) is 50.8 Å². The van der Waals surface area contributed by atoms with Gasteiger partial charge in [0.05, 0.1) is 13.5 Å². The van der Waals surface area contributed by atoms with Crippen molar-refractivity contribution in [3.8, 4) is 16.9 Å². The van der Waals surface area contributed by atoms with E-state index in [1.807, 2.05) is 12.1 Å². The molecule has 0 aromatic heterocycles. The minimum Gasteiger partial charge on any atom is -0.487 e. The van der Waals surface area contributed by atoms with Gasteiger partial charge in [-0.15, -0.1) is 0 Å².